The lowest BCUT2D eigenvalue weighted by Gasteiger charge is -2.40. The van der Waals surface area contributed by atoms with Crippen LogP contribution in [0.5, 0.6) is 0 Å². The molecule has 1 N–H and O–H groups in total. The summed E-state index contributed by atoms with van der Waals surface area (Å²) in [5, 5.41) is 9.54. The topological polar surface area (TPSA) is 37.3 Å². The van der Waals surface area contributed by atoms with Crippen LogP contribution in [0.25, 0.3) is 0 Å². The standard InChI is InChI=1S/C15H22O2/c1-5-15(4)8-6-7-13(9-12(3)17)14(15)11(2)10-16/h5,7,10,12,14,17H,1-2,6,8-9H2,3-4H3/t12-,14-,15+/m1/s1. The van der Waals surface area contributed by atoms with E-state index in [1.54, 1.807) is 6.92 Å². The Labute approximate surface area is 104 Å². The third-order valence-electron chi connectivity index (χ3n) is 3.64. The van der Waals surface area contributed by atoms with Crippen molar-refractivity contribution >= 4 is 6.29 Å². The molecule has 0 fully saturated rings. The van der Waals surface area contributed by atoms with E-state index in [1.165, 1.54) is 0 Å². The number of aliphatic hydroxyl groups is 1. The van der Waals surface area contributed by atoms with Crippen molar-refractivity contribution in [2.24, 2.45) is 11.3 Å². The molecule has 2 heteroatoms. The summed E-state index contributed by atoms with van der Waals surface area (Å²) in [7, 11) is 0. The molecular weight excluding hydrogens is 212 g/mol. The Bertz CT molecular complexity index is 352. The van der Waals surface area contributed by atoms with Crippen LogP contribution in [0.15, 0.2) is 36.5 Å². The van der Waals surface area contributed by atoms with Crippen molar-refractivity contribution in [1.29, 1.82) is 0 Å². The van der Waals surface area contributed by atoms with Crippen molar-refractivity contribution in [2.75, 3.05) is 0 Å². The van der Waals surface area contributed by atoms with Gasteiger partial charge in [-0.05, 0) is 37.2 Å². The molecular formula is C15H22O2. The smallest absolute Gasteiger partial charge is 0.146 e. The lowest BCUT2D eigenvalue weighted by atomic mass is 9.64. The normalized spacial score (nSPS) is 30.3. The number of hydrogen-bond donors (Lipinski definition) is 1. The minimum Gasteiger partial charge on any atom is -0.393 e. The summed E-state index contributed by atoms with van der Waals surface area (Å²) in [4.78, 5) is 11.0. The number of carbonyl (C=O) groups is 1. The Morgan fingerprint density at radius 2 is 2.41 bits per heavy atom. The van der Waals surface area contributed by atoms with Crippen LogP contribution >= 0.6 is 0 Å². The summed E-state index contributed by atoms with van der Waals surface area (Å²) >= 11 is 0. The number of carbonyl (C=O) groups excluding carboxylic acids is 1. The highest BCUT2D eigenvalue weighted by Crippen LogP contribution is 2.46. The monoisotopic (exact) mass is 234 g/mol. The fourth-order valence-corrected chi connectivity index (χ4v) is 2.75. The van der Waals surface area contributed by atoms with Gasteiger partial charge in [-0.2, -0.15) is 0 Å². The van der Waals surface area contributed by atoms with Gasteiger partial charge in [0.25, 0.3) is 0 Å². The van der Waals surface area contributed by atoms with Crippen LogP contribution in [-0.4, -0.2) is 17.5 Å². The largest absolute Gasteiger partial charge is 0.393 e. The summed E-state index contributed by atoms with van der Waals surface area (Å²) in [6.45, 7) is 11.6. The summed E-state index contributed by atoms with van der Waals surface area (Å²) in [5.41, 5.74) is 1.57. The van der Waals surface area contributed by atoms with Crippen molar-refractivity contribution in [3.63, 3.8) is 0 Å². The first kappa shape index (κ1) is 13.9. The van der Waals surface area contributed by atoms with Gasteiger partial charge >= 0.3 is 0 Å². The quantitative estimate of drug-likeness (QED) is 0.451. The van der Waals surface area contributed by atoms with Gasteiger partial charge in [0, 0.05) is 5.92 Å². The molecule has 1 aliphatic rings. The maximum absolute atomic E-state index is 11.0. The molecule has 0 saturated carbocycles. The lowest BCUT2D eigenvalue weighted by molar-refractivity contribution is -0.105. The van der Waals surface area contributed by atoms with E-state index in [0.29, 0.717) is 12.0 Å². The highest BCUT2D eigenvalue weighted by atomic mass is 16.3. The zero-order valence-electron chi connectivity index (χ0n) is 10.8. The fourth-order valence-electron chi connectivity index (χ4n) is 2.75. The van der Waals surface area contributed by atoms with Crippen molar-refractivity contribution in [1.82, 2.24) is 0 Å². The highest BCUT2D eigenvalue weighted by molar-refractivity contribution is 5.74. The fraction of sp³-hybridized carbons (Fsp3) is 0.533. The molecule has 1 rings (SSSR count). The molecule has 0 radical (unpaired) electrons. The zero-order chi connectivity index (χ0) is 13.1. The van der Waals surface area contributed by atoms with Gasteiger partial charge in [-0.15, -0.1) is 6.58 Å². The summed E-state index contributed by atoms with van der Waals surface area (Å²) < 4.78 is 0. The average Bonchev–Trinajstić information content (AvgIpc) is 2.27. The van der Waals surface area contributed by atoms with E-state index in [4.69, 9.17) is 0 Å². The van der Waals surface area contributed by atoms with E-state index in [-0.39, 0.29) is 11.3 Å². The van der Waals surface area contributed by atoms with Gasteiger partial charge in [-0.3, -0.25) is 4.79 Å². The molecule has 0 unspecified atom stereocenters. The predicted octanol–water partition coefficient (Wildman–Crippen LogP) is 3.04. The van der Waals surface area contributed by atoms with Crippen LogP contribution < -0.4 is 0 Å². The molecule has 2 nitrogen and oxygen atoms in total. The van der Waals surface area contributed by atoms with Crippen LogP contribution in [-0.2, 0) is 4.79 Å². The average molecular weight is 234 g/mol. The molecule has 0 aromatic rings. The van der Waals surface area contributed by atoms with Crippen LogP contribution in [0.4, 0.5) is 0 Å². The molecule has 0 spiro atoms. The maximum Gasteiger partial charge on any atom is 0.146 e. The van der Waals surface area contributed by atoms with Gasteiger partial charge in [0.15, 0.2) is 0 Å². The van der Waals surface area contributed by atoms with Crippen LogP contribution in [0.1, 0.15) is 33.1 Å². The van der Waals surface area contributed by atoms with E-state index >= 15 is 0 Å². The Kier molecular flexibility index (Phi) is 4.47. The number of rotatable bonds is 5. The molecule has 0 aromatic carbocycles. The predicted molar refractivity (Wildman–Crippen MR) is 70.6 cm³/mol. The molecule has 1 aliphatic carbocycles. The lowest BCUT2D eigenvalue weighted by Crippen LogP contribution is -2.32. The zero-order valence-corrected chi connectivity index (χ0v) is 10.8. The van der Waals surface area contributed by atoms with Gasteiger partial charge in [0.1, 0.15) is 6.29 Å². The van der Waals surface area contributed by atoms with Crippen LogP contribution in [0.3, 0.4) is 0 Å². The molecule has 0 aliphatic heterocycles. The molecule has 94 valence electrons. The summed E-state index contributed by atoms with van der Waals surface area (Å²) in [5.74, 6) is -0.0131. The maximum atomic E-state index is 11.0. The van der Waals surface area contributed by atoms with Crippen LogP contribution in [0, 0.1) is 11.3 Å². The third-order valence-corrected chi connectivity index (χ3v) is 3.64. The minimum absolute atomic E-state index is 0.0131. The number of aldehydes is 1. The van der Waals surface area contributed by atoms with E-state index in [9.17, 15) is 9.90 Å². The molecule has 0 saturated heterocycles. The first-order valence-electron chi connectivity index (χ1n) is 6.09. The SMILES string of the molecule is C=C[C@@]1(C)CCC=C(C[C@@H](C)O)[C@H]1C(=C)C=O. The van der Waals surface area contributed by atoms with E-state index in [0.717, 1.165) is 24.7 Å². The second-order valence-electron chi connectivity index (χ2n) is 5.21. The van der Waals surface area contributed by atoms with Gasteiger partial charge in [0.2, 0.25) is 0 Å². The number of allylic oxidation sites excluding steroid dienone is 3. The molecule has 3 atom stereocenters. The highest BCUT2D eigenvalue weighted by Gasteiger charge is 2.37. The van der Waals surface area contributed by atoms with Crippen molar-refractivity contribution < 1.29 is 9.90 Å². The number of aliphatic hydroxyl groups excluding tert-OH is 1. The van der Waals surface area contributed by atoms with Gasteiger partial charge in [0.05, 0.1) is 6.10 Å². The Hall–Kier alpha value is -1.15. The minimum atomic E-state index is -0.393. The molecule has 17 heavy (non-hydrogen) atoms. The van der Waals surface area contributed by atoms with Gasteiger partial charge < -0.3 is 5.11 Å². The van der Waals surface area contributed by atoms with Crippen molar-refractivity contribution in [2.45, 2.75) is 39.2 Å². The van der Waals surface area contributed by atoms with Gasteiger partial charge in [-0.1, -0.05) is 31.2 Å². The summed E-state index contributed by atoms with van der Waals surface area (Å²) in [6.07, 6.45) is 7.02. The van der Waals surface area contributed by atoms with E-state index < -0.39 is 6.10 Å². The van der Waals surface area contributed by atoms with Crippen molar-refractivity contribution in [3.8, 4) is 0 Å². The molecule has 0 bridgehead atoms. The second kappa shape index (κ2) is 5.46. The van der Waals surface area contributed by atoms with E-state index in [2.05, 4.69) is 26.2 Å². The first-order valence-corrected chi connectivity index (χ1v) is 6.09. The van der Waals surface area contributed by atoms with E-state index in [1.807, 2.05) is 6.08 Å². The molecule has 0 aromatic heterocycles. The number of hydrogen-bond acceptors (Lipinski definition) is 2. The van der Waals surface area contributed by atoms with Crippen molar-refractivity contribution in [3.05, 3.63) is 36.5 Å². The van der Waals surface area contributed by atoms with Crippen LogP contribution in [0.2, 0.25) is 0 Å². The summed E-state index contributed by atoms with van der Waals surface area (Å²) in [6, 6.07) is 0. The Balaban J connectivity index is 3.10. The van der Waals surface area contributed by atoms with Gasteiger partial charge in [-0.25, -0.2) is 0 Å². The third kappa shape index (κ3) is 2.95. The Morgan fingerprint density at radius 1 is 1.76 bits per heavy atom. The second-order valence-corrected chi connectivity index (χ2v) is 5.21. The first-order chi connectivity index (χ1) is 7.94. The Morgan fingerprint density at radius 3 is 2.88 bits per heavy atom. The molecule has 0 amide bonds. The molecule has 0 heterocycles.